The van der Waals surface area contributed by atoms with Crippen molar-refractivity contribution in [1.29, 1.82) is 0 Å². The zero-order valence-corrected chi connectivity index (χ0v) is 13.3. The number of fused-ring (bicyclic) bond motifs is 1. The summed E-state index contributed by atoms with van der Waals surface area (Å²) < 4.78 is 13.1. The number of phenols is 1. The van der Waals surface area contributed by atoms with Crippen LogP contribution >= 0.6 is 11.6 Å². The molecular formula is C18H14ClFN2O2. The van der Waals surface area contributed by atoms with E-state index in [2.05, 4.69) is 10.6 Å². The first-order valence-electron chi connectivity index (χ1n) is 7.23. The third-order valence-corrected chi connectivity index (χ3v) is 3.80. The number of nitrogens with one attached hydrogen (secondary N) is 2. The largest absolute Gasteiger partial charge is 0.508 e. The SMILES string of the molecule is O=C(CNc1ccc(F)c(Cl)c1)Nc1cccc2ccc(O)cc12. The molecule has 0 fully saturated rings. The Hall–Kier alpha value is -2.79. The molecule has 1 amide bonds. The fourth-order valence-corrected chi connectivity index (χ4v) is 2.53. The minimum atomic E-state index is -0.512. The highest BCUT2D eigenvalue weighted by Gasteiger charge is 2.07. The van der Waals surface area contributed by atoms with Gasteiger partial charge in [-0.1, -0.05) is 29.8 Å². The first-order chi connectivity index (χ1) is 11.5. The molecule has 3 N–H and O–H groups in total. The van der Waals surface area contributed by atoms with Gasteiger partial charge in [0.1, 0.15) is 11.6 Å². The lowest BCUT2D eigenvalue weighted by atomic mass is 10.1. The maximum Gasteiger partial charge on any atom is 0.243 e. The third-order valence-electron chi connectivity index (χ3n) is 3.51. The zero-order chi connectivity index (χ0) is 17.1. The fraction of sp³-hybridized carbons (Fsp3) is 0.0556. The molecule has 24 heavy (non-hydrogen) atoms. The van der Waals surface area contributed by atoms with Crippen LogP contribution < -0.4 is 10.6 Å². The smallest absolute Gasteiger partial charge is 0.243 e. The van der Waals surface area contributed by atoms with Crippen LogP contribution in [0.5, 0.6) is 5.75 Å². The summed E-state index contributed by atoms with van der Waals surface area (Å²) in [6, 6.07) is 14.6. The van der Waals surface area contributed by atoms with Crippen LogP contribution in [0.4, 0.5) is 15.8 Å². The topological polar surface area (TPSA) is 61.4 Å². The Morgan fingerprint density at radius 2 is 1.96 bits per heavy atom. The second-order valence-corrected chi connectivity index (χ2v) is 5.65. The summed E-state index contributed by atoms with van der Waals surface area (Å²) >= 11 is 5.70. The summed E-state index contributed by atoms with van der Waals surface area (Å²) in [4.78, 5) is 12.1. The number of phenolic OH excluding ortho intramolecular Hbond substituents is 1. The number of benzene rings is 3. The number of amides is 1. The number of carbonyl (C=O) groups excluding carboxylic acids is 1. The molecular weight excluding hydrogens is 331 g/mol. The molecule has 3 aromatic carbocycles. The van der Waals surface area contributed by atoms with Gasteiger partial charge in [0.05, 0.1) is 11.6 Å². The van der Waals surface area contributed by atoms with Crippen molar-refractivity contribution < 1.29 is 14.3 Å². The predicted octanol–water partition coefficient (Wildman–Crippen LogP) is 4.39. The second kappa shape index (κ2) is 6.76. The van der Waals surface area contributed by atoms with Crippen molar-refractivity contribution in [2.45, 2.75) is 0 Å². The lowest BCUT2D eigenvalue weighted by Gasteiger charge is -2.11. The summed E-state index contributed by atoms with van der Waals surface area (Å²) in [5, 5.41) is 16.9. The number of anilines is 2. The Balaban J connectivity index is 1.71. The standard InChI is InChI=1S/C18H14ClFN2O2/c19-15-8-12(5-7-16(15)20)21-10-18(24)22-17-3-1-2-11-4-6-13(23)9-14(11)17/h1-9,21,23H,10H2,(H,22,24). The third kappa shape index (κ3) is 3.58. The molecule has 0 saturated carbocycles. The Bertz CT molecular complexity index is 915. The van der Waals surface area contributed by atoms with Crippen molar-refractivity contribution in [3.8, 4) is 5.75 Å². The van der Waals surface area contributed by atoms with Crippen LogP contribution in [0.15, 0.2) is 54.6 Å². The molecule has 0 heterocycles. The van der Waals surface area contributed by atoms with Gasteiger partial charge < -0.3 is 15.7 Å². The number of hydrogen-bond acceptors (Lipinski definition) is 3. The fourth-order valence-electron chi connectivity index (χ4n) is 2.35. The van der Waals surface area contributed by atoms with E-state index < -0.39 is 5.82 Å². The van der Waals surface area contributed by atoms with Crippen LogP contribution in [-0.4, -0.2) is 17.6 Å². The molecule has 3 aromatic rings. The Kier molecular flexibility index (Phi) is 4.53. The Labute approximate surface area is 142 Å². The van der Waals surface area contributed by atoms with Gasteiger partial charge in [-0.3, -0.25) is 4.79 Å². The molecule has 4 nitrogen and oxygen atoms in total. The summed E-state index contributed by atoms with van der Waals surface area (Å²) in [6.07, 6.45) is 0. The second-order valence-electron chi connectivity index (χ2n) is 5.24. The lowest BCUT2D eigenvalue weighted by Crippen LogP contribution is -2.21. The highest BCUT2D eigenvalue weighted by molar-refractivity contribution is 6.31. The molecule has 0 aliphatic heterocycles. The summed E-state index contributed by atoms with van der Waals surface area (Å²) in [6.45, 7) is -0.00281. The van der Waals surface area contributed by atoms with Crippen LogP contribution in [0.1, 0.15) is 0 Å². The molecule has 0 aliphatic carbocycles. The van der Waals surface area contributed by atoms with E-state index >= 15 is 0 Å². The molecule has 0 unspecified atom stereocenters. The van der Waals surface area contributed by atoms with Crippen LogP contribution in [0.2, 0.25) is 5.02 Å². The van der Waals surface area contributed by atoms with E-state index in [0.717, 1.165) is 10.8 Å². The molecule has 0 aromatic heterocycles. The molecule has 0 spiro atoms. The maximum atomic E-state index is 13.1. The van der Waals surface area contributed by atoms with Gasteiger partial charge in [0.15, 0.2) is 0 Å². The van der Waals surface area contributed by atoms with E-state index in [9.17, 15) is 14.3 Å². The quantitative estimate of drug-likeness (QED) is 0.658. The number of hydrogen-bond donors (Lipinski definition) is 3. The van der Waals surface area contributed by atoms with Crippen molar-refractivity contribution in [3.05, 3.63) is 65.4 Å². The van der Waals surface area contributed by atoms with Gasteiger partial charge >= 0.3 is 0 Å². The first kappa shape index (κ1) is 16.1. The van der Waals surface area contributed by atoms with E-state index in [1.54, 1.807) is 24.3 Å². The minimum Gasteiger partial charge on any atom is -0.508 e. The number of aromatic hydroxyl groups is 1. The highest BCUT2D eigenvalue weighted by atomic mass is 35.5. The zero-order valence-electron chi connectivity index (χ0n) is 12.5. The molecule has 0 atom stereocenters. The van der Waals surface area contributed by atoms with E-state index in [1.165, 1.54) is 18.2 Å². The molecule has 0 radical (unpaired) electrons. The van der Waals surface area contributed by atoms with Crippen molar-refractivity contribution >= 4 is 39.7 Å². The predicted molar refractivity (Wildman–Crippen MR) is 94.1 cm³/mol. The van der Waals surface area contributed by atoms with Gasteiger partial charge in [-0.25, -0.2) is 4.39 Å². The van der Waals surface area contributed by atoms with Crippen LogP contribution in [0, 0.1) is 5.82 Å². The average molecular weight is 345 g/mol. The lowest BCUT2D eigenvalue weighted by molar-refractivity contribution is -0.114. The van der Waals surface area contributed by atoms with E-state index in [-0.39, 0.29) is 23.2 Å². The average Bonchev–Trinajstić information content (AvgIpc) is 2.56. The summed E-state index contributed by atoms with van der Waals surface area (Å²) in [5.41, 5.74) is 1.15. The van der Waals surface area contributed by atoms with Crippen molar-refractivity contribution in [1.82, 2.24) is 0 Å². The molecule has 6 heteroatoms. The summed E-state index contributed by atoms with van der Waals surface area (Å²) in [7, 11) is 0. The van der Waals surface area contributed by atoms with E-state index in [1.807, 2.05) is 12.1 Å². The molecule has 3 rings (SSSR count). The molecule has 0 aliphatic rings. The molecule has 0 saturated heterocycles. The minimum absolute atomic E-state index is 0.00281. The van der Waals surface area contributed by atoms with E-state index in [0.29, 0.717) is 11.4 Å². The first-order valence-corrected chi connectivity index (χ1v) is 7.61. The molecule has 122 valence electrons. The van der Waals surface area contributed by atoms with E-state index in [4.69, 9.17) is 11.6 Å². The van der Waals surface area contributed by atoms with Gasteiger partial charge in [0.25, 0.3) is 0 Å². The number of carbonyl (C=O) groups is 1. The van der Waals surface area contributed by atoms with Gasteiger partial charge in [-0.2, -0.15) is 0 Å². The Morgan fingerprint density at radius 1 is 1.12 bits per heavy atom. The number of halogens is 2. The van der Waals surface area contributed by atoms with Crippen molar-refractivity contribution in [2.75, 3.05) is 17.2 Å². The van der Waals surface area contributed by atoms with Crippen molar-refractivity contribution in [2.24, 2.45) is 0 Å². The Morgan fingerprint density at radius 3 is 2.75 bits per heavy atom. The highest BCUT2D eigenvalue weighted by Crippen LogP contribution is 2.27. The van der Waals surface area contributed by atoms with Gasteiger partial charge in [0, 0.05) is 16.8 Å². The van der Waals surface area contributed by atoms with Crippen LogP contribution in [0.3, 0.4) is 0 Å². The summed E-state index contributed by atoms with van der Waals surface area (Å²) in [5.74, 6) is -0.656. The monoisotopic (exact) mass is 344 g/mol. The van der Waals surface area contributed by atoms with Crippen LogP contribution in [0.25, 0.3) is 10.8 Å². The van der Waals surface area contributed by atoms with Gasteiger partial charge in [-0.15, -0.1) is 0 Å². The van der Waals surface area contributed by atoms with Gasteiger partial charge in [-0.05, 0) is 41.8 Å². The van der Waals surface area contributed by atoms with Crippen molar-refractivity contribution in [3.63, 3.8) is 0 Å². The van der Waals surface area contributed by atoms with Gasteiger partial charge in [0.2, 0.25) is 5.91 Å². The van der Waals surface area contributed by atoms with Crippen LogP contribution in [-0.2, 0) is 4.79 Å². The normalized spacial score (nSPS) is 10.6. The maximum absolute atomic E-state index is 13.1. The molecule has 0 bridgehead atoms. The number of rotatable bonds is 4.